The van der Waals surface area contributed by atoms with E-state index in [0.29, 0.717) is 16.6 Å². The van der Waals surface area contributed by atoms with Gasteiger partial charge in [0, 0.05) is 4.70 Å². The second kappa shape index (κ2) is 7.77. The molecule has 4 aromatic rings. The molecule has 1 heterocycles. The molecule has 0 radical (unpaired) electrons. The van der Waals surface area contributed by atoms with Gasteiger partial charge in [0.25, 0.3) is 10.0 Å². The van der Waals surface area contributed by atoms with Crippen molar-refractivity contribution in [1.82, 2.24) is 0 Å². The monoisotopic (exact) mass is 447 g/mol. The van der Waals surface area contributed by atoms with Gasteiger partial charge in [0.05, 0.1) is 11.4 Å². The fourth-order valence-electron chi connectivity index (χ4n) is 3.19. The smallest absolute Gasteiger partial charge is 0.252 e. The molecule has 0 fully saturated rings. The molecular weight excluding hydrogens is 431 g/mol. The van der Waals surface area contributed by atoms with E-state index in [9.17, 15) is 21.6 Å². The normalized spacial score (nSPS) is 11.7. The van der Waals surface area contributed by atoms with Gasteiger partial charge in [-0.3, -0.25) is 4.31 Å². The Morgan fingerprint density at radius 1 is 0.900 bits per heavy atom. The molecule has 3 nitrogen and oxygen atoms in total. The Kier molecular flexibility index (Phi) is 5.29. The van der Waals surface area contributed by atoms with Crippen LogP contribution in [0, 0.1) is 24.4 Å². The maximum absolute atomic E-state index is 13.8. The van der Waals surface area contributed by atoms with Crippen molar-refractivity contribution >= 4 is 36.4 Å². The van der Waals surface area contributed by atoms with Gasteiger partial charge in [0.2, 0.25) is 0 Å². The van der Waals surface area contributed by atoms with Crippen molar-refractivity contribution in [3.63, 3.8) is 0 Å². The van der Waals surface area contributed by atoms with E-state index in [0.717, 1.165) is 32.1 Å². The molecule has 154 valence electrons. The minimum Gasteiger partial charge on any atom is -0.252 e. The third-order valence-corrected chi connectivity index (χ3v) is 7.92. The first-order chi connectivity index (χ1) is 14.3. The Morgan fingerprint density at radius 2 is 1.60 bits per heavy atom. The van der Waals surface area contributed by atoms with Crippen LogP contribution in [0.25, 0.3) is 10.1 Å². The topological polar surface area (TPSA) is 37.4 Å². The minimum atomic E-state index is -4.23. The molecule has 3 aromatic carbocycles. The minimum absolute atomic E-state index is 0.0880. The zero-order chi connectivity index (χ0) is 21.5. The number of hydrogen-bond donors (Lipinski definition) is 0. The summed E-state index contributed by atoms with van der Waals surface area (Å²) < 4.78 is 69.5. The van der Waals surface area contributed by atoms with Gasteiger partial charge in [-0.2, -0.15) is 0 Å². The first kappa shape index (κ1) is 20.4. The molecule has 0 N–H and O–H groups in total. The van der Waals surface area contributed by atoms with Gasteiger partial charge >= 0.3 is 0 Å². The standard InChI is InChI=1S/C22H16F3NO2S2/c1-14-18-4-2-3-5-21(18)29-22(14)26(13-15-6-8-16(23)9-7-15)30(27,28)17-10-11-19(24)20(25)12-17/h2-12H,13H2,1H3. The molecule has 0 aliphatic rings. The molecule has 0 atom stereocenters. The van der Waals surface area contributed by atoms with E-state index >= 15 is 0 Å². The number of aryl methyl sites for hydroxylation is 1. The van der Waals surface area contributed by atoms with Crippen molar-refractivity contribution in [1.29, 1.82) is 0 Å². The van der Waals surface area contributed by atoms with Crippen molar-refractivity contribution in [2.45, 2.75) is 18.4 Å². The predicted molar refractivity (Wildman–Crippen MR) is 113 cm³/mol. The van der Waals surface area contributed by atoms with E-state index in [2.05, 4.69) is 0 Å². The predicted octanol–water partition coefficient (Wildman–Crippen LogP) is 6.02. The summed E-state index contributed by atoms with van der Waals surface area (Å²) in [4.78, 5) is -0.361. The van der Waals surface area contributed by atoms with Crippen LogP contribution in [0.5, 0.6) is 0 Å². The molecule has 30 heavy (non-hydrogen) atoms. The van der Waals surface area contributed by atoms with Gasteiger partial charge in [-0.15, -0.1) is 11.3 Å². The summed E-state index contributed by atoms with van der Waals surface area (Å²) in [6.07, 6.45) is 0. The van der Waals surface area contributed by atoms with Crippen LogP contribution in [0.4, 0.5) is 18.2 Å². The van der Waals surface area contributed by atoms with Crippen molar-refractivity contribution in [3.8, 4) is 0 Å². The zero-order valence-electron chi connectivity index (χ0n) is 15.8. The number of hydrogen-bond acceptors (Lipinski definition) is 3. The molecule has 0 aliphatic heterocycles. The summed E-state index contributed by atoms with van der Waals surface area (Å²) in [5.41, 5.74) is 1.31. The largest absolute Gasteiger partial charge is 0.265 e. The molecule has 0 amide bonds. The third-order valence-electron chi connectivity index (χ3n) is 4.76. The summed E-state index contributed by atoms with van der Waals surface area (Å²) in [6, 6.07) is 15.5. The van der Waals surface area contributed by atoms with Crippen molar-refractivity contribution in [3.05, 3.63) is 95.3 Å². The lowest BCUT2D eigenvalue weighted by Crippen LogP contribution is -2.30. The second-order valence-corrected chi connectivity index (χ2v) is 9.64. The number of nitrogens with zero attached hydrogens (tertiary/aromatic N) is 1. The molecule has 4 rings (SSSR count). The summed E-state index contributed by atoms with van der Waals surface area (Å²) in [7, 11) is -4.23. The quantitative estimate of drug-likeness (QED) is 0.375. The summed E-state index contributed by atoms with van der Waals surface area (Å²) in [5, 5.41) is 1.37. The van der Waals surface area contributed by atoms with Crippen LogP contribution in [0.1, 0.15) is 11.1 Å². The molecule has 8 heteroatoms. The van der Waals surface area contributed by atoms with Gasteiger partial charge in [-0.25, -0.2) is 21.6 Å². The highest BCUT2D eigenvalue weighted by molar-refractivity contribution is 7.93. The molecule has 0 saturated heterocycles. The SMILES string of the molecule is Cc1c(N(Cc2ccc(F)cc2)S(=O)(=O)c2ccc(F)c(F)c2)sc2ccccc12. The Hall–Kier alpha value is -2.84. The van der Waals surface area contributed by atoms with E-state index in [4.69, 9.17) is 0 Å². The maximum atomic E-state index is 13.8. The maximum Gasteiger partial charge on any atom is 0.265 e. The van der Waals surface area contributed by atoms with E-state index in [1.54, 1.807) is 0 Å². The van der Waals surface area contributed by atoms with Crippen molar-refractivity contribution < 1.29 is 21.6 Å². The highest BCUT2D eigenvalue weighted by Gasteiger charge is 2.29. The Morgan fingerprint density at radius 3 is 2.27 bits per heavy atom. The average molecular weight is 448 g/mol. The molecule has 0 saturated carbocycles. The van der Waals surface area contributed by atoms with E-state index in [1.807, 2.05) is 31.2 Å². The van der Waals surface area contributed by atoms with Crippen LogP contribution in [0.2, 0.25) is 0 Å². The Bertz CT molecular complexity index is 1330. The highest BCUT2D eigenvalue weighted by atomic mass is 32.2. The molecule has 0 spiro atoms. The molecule has 0 bridgehead atoms. The van der Waals surface area contributed by atoms with Crippen LogP contribution in [0.15, 0.2) is 71.6 Å². The highest BCUT2D eigenvalue weighted by Crippen LogP contribution is 2.40. The van der Waals surface area contributed by atoms with Crippen LogP contribution >= 0.6 is 11.3 Å². The third kappa shape index (κ3) is 3.68. The lowest BCUT2D eigenvalue weighted by molar-refractivity contribution is 0.504. The fraction of sp³-hybridized carbons (Fsp3) is 0.0909. The lowest BCUT2D eigenvalue weighted by Gasteiger charge is -2.24. The van der Waals surface area contributed by atoms with E-state index < -0.39 is 27.5 Å². The van der Waals surface area contributed by atoms with Crippen molar-refractivity contribution in [2.24, 2.45) is 0 Å². The fourth-order valence-corrected chi connectivity index (χ4v) is 6.13. The summed E-state index contributed by atoms with van der Waals surface area (Å²) >= 11 is 1.29. The molecule has 0 unspecified atom stereocenters. The first-order valence-electron chi connectivity index (χ1n) is 8.98. The second-order valence-electron chi connectivity index (χ2n) is 6.74. The van der Waals surface area contributed by atoms with Crippen LogP contribution in [0.3, 0.4) is 0 Å². The Labute approximate surface area is 176 Å². The molecular formula is C22H16F3NO2S2. The Balaban J connectivity index is 1.89. The van der Waals surface area contributed by atoms with Crippen LogP contribution in [-0.2, 0) is 16.6 Å². The van der Waals surface area contributed by atoms with Gasteiger partial charge < -0.3 is 0 Å². The lowest BCUT2D eigenvalue weighted by atomic mass is 10.2. The number of rotatable bonds is 5. The average Bonchev–Trinajstić information content (AvgIpc) is 3.06. The van der Waals surface area contributed by atoms with Gasteiger partial charge in [-0.05, 0) is 59.8 Å². The summed E-state index contributed by atoms with van der Waals surface area (Å²) in [5.74, 6) is -2.81. The number of thiophene rings is 1. The summed E-state index contributed by atoms with van der Waals surface area (Å²) in [6.45, 7) is 1.72. The first-order valence-corrected chi connectivity index (χ1v) is 11.2. The van der Waals surface area contributed by atoms with Crippen LogP contribution < -0.4 is 4.31 Å². The van der Waals surface area contributed by atoms with Crippen LogP contribution in [-0.4, -0.2) is 8.42 Å². The molecule has 1 aromatic heterocycles. The van der Waals surface area contributed by atoms with Gasteiger partial charge in [0.15, 0.2) is 11.6 Å². The number of benzene rings is 3. The van der Waals surface area contributed by atoms with E-state index in [1.165, 1.54) is 35.6 Å². The van der Waals surface area contributed by atoms with Gasteiger partial charge in [-0.1, -0.05) is 30.3 Å². The number of anilines is 1. The van der Waals surface area contributed by atoms with E-state index in [-0.39, 0.29) is 11.4 Å². The van der Waals surface area contributed by atoms with Crippen molar-refractivity contribution in [2.75, 3.05) is 4.31 Å². The zero-order valence-corrected chi connectivity index (χ0v) is 17.4. The number of sulfonamides is 1. The molecule has 0 aliphatic carbocycles. The van der Waals surface area contributed by atoms with Gasteiger partial charge in [0.1, 0.15) is 10.8 Å². The number of halogens is 3. The number of fused-ring (bicyclic) bond motifs is 1.